The van der Waals surface area contributed by atoms with Crippen molar-refractivity contribution in [3.63, 3.8) is 0 Å². The summed E-state index contributed by atoms with van der Waals surface area (Å²) in [6.07, 6.45) is 2.90. The first kappa shape index (κ1) is 14.5. The van der Waals surface area contributed by atoms with Gasteiger partial charge in [-0.15, -0.1) is 0 Å². The van der Waals surface area contributed by atoms with Crippen LogP contribution < -0.4 is 4.90 Å². The molecule has 106 valence electrons. The fourth-order valence-electron chi connectivity index (χ4n) is 2.75. The number of likely N-dealkylation sites (tertiary alicyclic amines) is 1. The van der Waals surface area contributed by atoms with Gasteiger partial charge >= 0.3 is 0 Å². The van der Waals surface area contributed by atoms with Gasteiger partial charge in [-0.3, -0.25) is 0 Å². The minimum absolute atomic E-state index is 0.225. The Morgan fingerprint density at radius 1 is 1.53 bits per heavy atom. The highest BCUT2D eigenvalue weighted by Crippen LogP contribution is 2.34. The van der Waals surface area contributed by atoms with Gasteiger partial charge in [0.2, 0.25) is 0 Å². The summed E-state index contributed by atoms with van der Waals surface area (Å²) in [6, 6.07) is 0. The van der Waals surface area contributed by atoms with Gasteiger partial charge < -0.3 is 9.80 Å². The van der Waals surface area contributed by atoms with E-state index in [1.165, 1.54) is 6.42 Å². The minimum Gasteiger partial charge on any atom is -0.358 e. The standard InChI is InChI=1S/C14H23ClN4/c1-10-16-8-12(15)13(17-10)18(4)9-11-6-7-19(5)14(11,2)3/h8,11H,6-7,9H2,1-5H3. The van der Waals surface area contributed by atoms with Crippen LogP contribution >= 0.6 is 11.6 Å². The Balaban J connectivity index is 2.13. The first-order valence-corrected chi connectivity index (χ1v) is 7.11. The molecule has 0 spiro atoms. The van der Waals surface area contributed by atoms with Gasteiger partial charge in [-0.1, -0.05) is 11.6 Å². The lowest BCUT2D eigenvalue weighted by Gasteiger charge is -2.35. The first-order valence-electron chi connectivity index (χ1n) is 6.74. The Morgan fingerprint density at radius 3 is 2.79 bits per heavy atom. The highest BCUT2D eigenvalue weighted by molar-refractivity contribution is 6.32. The summed E-state index contributed by atoms with van der Waals surface area (Å²) in [7, 11) is 4.25. The van der Waals surface area contributed by atoms with Gasteiger partial charge in [-0.25, -0.2) is 9.97 Å². The molecule has 0 amide bonds. The van der Waals surface area contributed by atoms with Crippen molar-refractivity contribution in [3.05, 3.63) is 17.0 Å². The second kappa shape index (κ2) is 5.25. The molecule has 0 aliphatic carbocycles. The Morgan fingerprint density at radius 2 is 2.21 bits per heavy atom. The van der Waals surface area contributed by atoms with Crippen molar-refractivity contribution in [3.8, 4) is 0 Å². The molecule has 5 heteroatoms. The number of hydrogen-bond acceptors (Lipinski definition) is 4. The van der Waals surface area contributed by atoms with E-state index < -0.39 is 0 Å². The zero-order valence-electron chi connectivity index (χ0n) is 12.4. The van der Waals surface area contributed by atoms with Gasteiger partial charge in [0.25, 0.3) is 0 Å². The number of aryl methyl sites for hydroxylation is 1. The molecule has 2 rings (SSSR count). The van der Waals surface area contributed by atoms with Crippen molar-refractivity contribution < 1.29 is 0 Å². The molecule has 2 heterocycles. The van der Waals surface area contributed by atoms with Gasteiger partial charge in [-0.05, 0) is 46.7 Å². The van der Waals surface area contributed by atoms with Crippen molar-refractivity contribution in [2.45, 2.75) is 32.7 Å². The topological polar surface area (TPSA) is 32.3 Å². The van der Waals surface area contributed by atoms with Crippen LogP contribution in [0.3, 0.4) is 0 Å². The molecule has 1 atom stereocenters. The predicted octanol–water partition coefficient (Wildman–Crippen LogP) is 2.60. The molecule has 1 aliphatic rings. The highest BCUT2D eigenvalue weighted by Gasteiger charge is 2.39. The zero-order valence-corrected chi connectivity index (χ0v) is 13.2. The molecule has 0 aromatic carbocycles. The molecule has 1 fully saturated rings. The maximum absolute atomic E-state index is 6.20. The van der Waals surface area contributed by atoms with Crippen molar-refractivity contribution in [1.82, 2.24) is 14.9 Å². The second-order valence-corrected chi connectivity index (χ2v) is 6.44. The summed E-state index contributed by atoms with van der Waals surface area (Å²) < 4.78 is 0. The molecule has 0 radical (unpaired) electrons. The third-order valence-electron chi connectivity index (χ3n) is 4.50. The molecule has 1 saturated heterocycles. The molecule has 0 N–H and O–H groups in total. The highest BCUT2D eigenvalue weighted by atomic mass is 35.5. The van der Waals surface area contributed by atoms with E-state index in [2.05, 4.69) is 47.7 Å². The molecule has 1 aromatic heterocycles. The minimum atomic E-state index is 0.225. The zero-order chi connectivity index (χ0) is 14.2. The third-order valence-corrected chi connectivity index (χ3v) is 4.76. The molecule has 0 saturated carbocycles. The summed E-state index contributed by atoms with van der Waals surface area (Å²) in [6.45, 7) is 8.63. The smallest absolute Gasteiger partial charge is 0.150 e. The van der Waals surface area contributed by atoms with Crippen LogP contribution in [-0.2, 0) is 0 Å². The van der Waals surface area contributed by atoms with Gasteiger partial charge in [0.15, 0.2) is 5.82 Å². The van der Waals surface area contributed by atoms with E-state index in [4.69, 9.17) is 11.6 Å². The van der Waals surface area contributed by atoms with Crippen LogP contribution in [0.15, 0.2) is 6.20 Å². The molecular weight excluding hydrogens is 260 g/mol. The van der Waals surface area contributed by atoms with Crippen molar-refractivity contribution in [2.24, 2.45) is 5.92 Å². The van der Waals surface area contributed by atoms with Crippen LogP contribution in [0, 0.1) is 12.8 Å². The van der Waals surface area contributed by atoms with E-state index in [1.54, 1.807) is 6.20 Å². The molecule has 1 aromatic rings. The SMILES string of the molecule is Cc1ncc(Cl)c(N(C)CC2CCN(C)C2(C)C)n1. The number of aromatic nitrogens is 2. The molecule has 19 heavy (non-hydrogen) atoms. The van der Waals surface area contributed by atoms with E-state index in [9.17, 15) is 0 Å². The Hall–Kier alpha value is -0.870. The normalized spacial score (nSPS) is 22.7. The maximum Gasteiger partial charge on any atom is 0.150 e. The lowest BCUT2D eigenvalue weighted by atomic mass is 9.88. The lowest BCUT2D eigenvalue weighted by molar-refractivity contribution is 0.174. The quantitative estimate of drug-likeness (QED) is 0.853. The molecule has 4 nitrogen and oxygen atoms in total. The van der Waals surface area contributed by atoms with E-state index in [0.717, 1.165) is 24.7 Å². The Kier molecular flexibility index (Phi) is 4.02. The number of anilines is 1. The fourth-order valence-corrected chi connectivity index (χ4v) is 2.98. The van der Waals surface area contributed by atoms with E-state index >= 15 is 0 Å². The molecule has 1 unspecified atom stereocenters. The van der Waals surface area contributed by atoms with Crippen LogP contribution in [0.5, 0.6) is 0 Å². The average Bonchev–Trinajstić information content (AvgIpc) is 2.59. The number of halogens is 1. The van der Waals surface area contributed by atoms with Crippen molar-refractivity contribution in [2.75, 3.05) is 32.1 Å². The number of hydrogen-bond donors (Lipinski definition) is 0. The first-order chi connectivity index (χ1) is 8.82. The predicted molar refractivity (Wildman–Crippen MR) is 79.9 cm³/mol. The van der Waals surface area contributed by atoms with Gasteiger partial charge in [0.05, 0.1) is 6.20 Å². The van der Waals surface area contributed by atoms with Crippen LogP contribution in [0.2, 0.25) is 5.02 Å². The van der Waals surface area contributed by atoms with Crippen molar-refractivity contribution in [1.29, 1.82) is 0 Å². The summed E-state index contributed by atoms with van der Waals surface area (Å²) in [4.78, 5) is 13.2. The number of nitrogens with zero attached hydrogens (tertiary/aromatic N) is 4. The van der Waals surface area contributed by atoms with E-state index in [-0.39, 0.29) is 5.54 Å². The summed E-state index contributed by atoms with van der Waals surface area (Å²) in [5, 5.41) is 0.622. The summed E-state index contributed by atoms with van der Waals surface area (Å²) in [5.41, 5.74) is 0.225. The Bertz CT molecular complexity index is 461. The fraction of sp³-hybridized carbons (Fsp3) is 0.714. The van der Waals surface area contributed by atoms with Crippen molar-refractivity contribution >= 4 is 17.4 Å². The summed E-state index contributed by atoms with van der Waals surface area (Å²) >= 11 is 6.20. The average molecular weight is 283 g/mol. The second-order valence-electron chi connectivity index (χ2n) is 6.03. The third kappa shape index (κ3) is 2.84. The van der Waals surface area contributed by atoms with Gasteiger partial charge in [0, 0.05) is 19.1 Å². The maximum atomic E-state index is 6.20. The monoisotopic (exact) mass is 282 g/mol. The summed E-state index contributed by atoms with van der Waals surface area (Å²) in [5.74, 6) is 2.21. The van der Waals surface area contributed by atoms with Gasteiger partial charge in [-0.2, -0.15) is 0 Å². The largest absolute Gasteiger partial charge is 0.358 e. The Labute approximate surface area is 120 Å². The lowest BCUT2D eigenvalue weighted by Crippen LogP contribution is -2.43. The molecule has 0 bridgehead atoms. The van der Waals surface area contributed by atoms with Crippen LogP contribution in [0.1, 0.15) is 26.1 Å². The van der Waals surface area contributed by atoms with Crippen LogP contribution in [-0.4, -0.2) is 47.6 Å². The molecular formula is C14H23ClN4. The number of rotatable bonds is 3. The molecule has 1 aliphatic heterocycles. The van der Waals surface area contributed by atoms with E-state index in [1.807, 2.05) is 6.92 Å². The van der Waals surface area contributed by atoms with Crippen LogP contribution in [0.25, 0.3) is 0 Å². The van der Waals surface area contributed by atoms with E-state index in [0.29, 0.717) is 10.9 Å². The van der Waals surface area contributed by atoms with Crippen LogP contribution in [0.4, 0.5) is 5.82 Å². The van der Waals surface area contributed by atoms with Gasteiger partial charge in [0.1, 0.15) is 10.8 Å².